The topological polar surface area (TPSA) is 56.1 Å². The molecule has 0 bridgehead atoms. The molecule has 0 aliphatic carbocycles. The van der Waals surface area contributed by atoms with E-state index >= 15 is 0 Å². The standard InChI is InChI=1S/C31H36ClN3O2/c1-23-10-8-11-24(2)31(23)37-21-9-20-35-28-13-6-5-12-27(28)34-29(35)14-4-3-7-19-33-30(36)22-25-15-17-26(32)18-16-25/h5-6,8,10-13,15-18H,3-4,7,9,14,19-22H2,1-2H3,(H,33,36). The van der Waals surface area contributed by atoms with Crippen molar-refractivity contribution in [2.45, 2.75) is 58.9 Å². The number of rotatable bonds is 13. The zero-order chi connectivity index (χ0) is 26.0. The van der Waals surface area contributed by atoms with E-state index in [4.69, 9.17) is 21.3 Å². The Balaban J connectivity index is 1.23. The number of ether oxygens (including phenoxy) is 1. The van der Waals surface area contributed by atoms with Crippen molar-refractivity contribution in [1.82, 2.24) is 14.9 Å². The second-order valence-electron chi connectivity index (χ2n) is 9.56. The summed E-state index contributed by atoms with van der Waals surface area (Å²) >= 11 is 5.91. The summed E-state index contributed by atoms with van der Waals surface area (Å²) in [5.74, 6) is 2.17. The van der Waals surface area contributed by atoms with Crippen LogP contribution in [0.3, 0.4) is 0 Å². The summed E-state index contributed by atoms with van der Waals surface area (Å²) in [4.78, 5) is 17.1. The van der Waals surface area contributed by atoms with E-state index in [0.29, 0.717) is 24.6 Å². The van der Waals surface area contributed by atoms with Crippen LogP contribution >= 0.6 is 11.6 Å². The van der Waals surface area contributed by atoms with Gasteiger partial charge in [-0.2, -0.15) is 0 Å². The molecule has 3 aromatic carbocycles. The highest BCUT2D eigenvalue weighted by atomic mass is 35.5. The number of carbonyl (C=O) groups excluding carboxylic acids is 1. The first-order valence-corrected chi connectivity index (χ1v) is 13.5. The Morgan fingerprint density at radius 3 is 2.46 bits per heavy atom. The smallest absolute Gasteiger partial charge is 0.224 e. The summed E-state index contributed by atoms with van der Waals surface area (Å²) in [5, 5.41) is 3.71. The summed E-state index contributed by atoms with van der Waals surface area (Å²) in [7, 11) is 0. The molecule has 0 unspecified atom stereocenters. The van der Waals surface area contributed by atoms with Gasteiger partial charge >= 0.3 is 0 Å². The van der Waals surface area contributed by atoms with E-state index in [2.05, 4.69) is 60.1 Å². The summed E-state index contributed by atoms with van der Waals surface area (Å²) < 4.78 is 8.48. The van der Waals surface area contributed by atoms with E-state index in [1.807, 2.05) is 30.3 Å². The van der Waals surface area contributed by atoms with Crippen molar-refractivity contribution >= 4 is 28.5 Å². The molecule has 0 fully saturated rings. The number of imidazole rings is 1. The Morgan fingerprint density at radius 1 is 0.919 bits per heavy atom. The van der Waals surface area contributed by atoms with E-state index in [-0.39, 0.29) is 5.91 Å². The van der Waals surface area contributed by atoms with Crippen molar-refractivity contribution in [3.8, 4) is 5.75 Å². The maximum absolute atomic E-state index is 12.2. The lowest BCUT2D eigenvalue weighted by Crippen LogP contribution is -2.26. The van der Waals surface area contributed by atoms with Crippen LogP contribution in [0.15, 0.2) is 66.7 Å². The third-order valence-corrected chi connectivity index (χ3v) is 6.84. The van der Waals surface area contributed by atoms with E-state index in [1.54, 1.807) is 0 Å². The third kappa shape index (κ3) is 7.59. The molecule has 0 saturated carbocycles. The molecule has 0 atom stereocenters. The van der Waals surface area contributed by atoms with Crippen LogP contribution in [-0.4, -0.2) is 28.6 Å². The highest BCUT2D eigenvalue weighted by molar-refractivity contribution is 6.30. The van der Waals surface area contributed by atoms with Gasteiger partial charge in [-0.1, -0.05) is 60.5 Å². The first kappa shape index (κ1) is 26.7. The van der Waals surface area contributed by atoms with Gasteiger partial charge in [0.2, 0.25) is 5.91 Å². The van der Waals surface area contributed by atoms with Crippen molar-refractivity contribution in [3.63, 3.8) is 0 Å². The van der Waals surface area contributed by atoms with Crippen LogP contribution in [0.5, 0.6) is 5.75 Å². The zero-order valence-corrected chi connectivity index (χ0v) is 22.6. The van der Waals surface area contributed by atoms with Crippen molar-refractivity contribution in [1.29, 1.82) is 0 Å². The number of aromatic nitrogens is 2. The normalized spacial score (nSPS) is 11.1. The molecule has 0 aliphatic rings. The van der Waals surface area contributed by atoms with Crippen LogP contribution in [0.4, 0.5) is 0 Å². The summed E-state index contributed by atoms with van der Waals surface area (Å²) in [6.07, 6.45) is 5.26. The van der Waals surface area contributed by atoms with Crippen molar-refractivity contribution < 1.29 is 9.53 Å². The molecule has 0 saturated heterocycles. The fraction of sp³-hybridized carbons (Fsp3) is 0.355. The van der Waals surface area contributed by atoms with Gasteiger partial charge in [0.25, 0.3) is 0 Å². The minimum atomic E-state index is 0.0484. The molecule has 5 nitrogen and oxygen atoms in total. The van der Waals surface area contributed by atoms with E-state index in [0.717, 1.165) is 61.3 Å². The Labute approximate surface area is 224 Å². The number of amides is 1. The molecule has 0 aliphatic heterocycles. The van der Waals surface area contributed by atoms with Gasteiger partial charge in [-0.05, 0) is 74.1 Å². The molecule has 37 heavy (non-hydrogen) atoms. The van der Waals surface area contributed by atoms with Gasteiger partial charge in [0.15, 0.2) is 0 Å². The number of nitrogens with zero attached hydrogens (tertiary/aromatic N) is 2. The van der Waals surface area contributed by atoms with Crippen molar-refractivity contribution in [2.75, 3.05) is 13.2 Å². The molecule has 1 N–H and O–H groups in total. The molecule has 194 valence electrons. The lowest BCUT2D eigenvalue weighted by atomic mass is 10.1. The number of halogens is 1. The number of carbonyl (C=O) groups is 1. The summed E-state index contributed by atoms with van der Waals surface area (Å²) in [6.45, 7) is 6.43. The Hall–Kier alpha value is -3.31. The SMILES string of the molecule is Cc1cccc(C)c1OCCCn1c(CCCCCNC(=O)Cc2ccc(Cl)cc2)nc2ccccc21. The van der Waals surface area contributed by atoms with Gasteiger partial charge < -0.3 is 14.6 Å². The number of para-hydroxylation sites is 3. The minimum absolute atomic E-state index is 0.0484. The second kappa shape index (κ2) is 13.3. The van der Waals surface area contributed by atoms with Gasteiger partial charge in [0.1, 0.15) is 11.6 Å². The number of fused-ring (bicyclic) bond motifs is 1. The average molecular weight is 518 g/mol. The maximum Gasteiger partial charge on any atom is 0.224 e. The highest BCUT2D eigenvalue weighted by Crippen LogP contribution is 2.23. The van der Waals surface area contributed by atoms with Gasteiger partial charge in [-0.3, -0.25) is 4.79 Å². The summed E-state index contributed by atoms with van der Waals surface area (Å²) in [6, 6.07) is 22.0. The molecule has 1 heterocycles. The zero-order valence-electron chi connectivity index (χ0n) is 21.8. The van der Waals surface area contributed by atoms with Crippen LogP contribution in [-0.2, 0) is 24.2 Å². The number of aryl methyl sites for hydroxylation is 4. The van der Waals surface area contributed by atoms with E-state index in [9.17, 15) is 4.79 Å². The number of benzene rings is 3. The van der Waals surface area contributed by atoms with Crippen LogP contribution in [0.2, 0.25) is 5.02 Å². The highest BCUT2D eigenvalue weighted by Gasteiger charge is 2.11. The monoisotopic (exact) mass is 517 g/mol. The quantitative estimate of drug-likeness (QED) is 0.197. The largest absolute Gasteiger partial charge is 0.493 e. The molecule has 4 aromatic rings. The Morgan fingerprint density at radius 2 is 1.68 bits per heavy atom. The molecular formula is C31H36ClN3O2. The fourth-order valence-electron chi connectivity index (χ4n) is 4.65. The fourth-order valence-corrected chi connectivity index (χ4v) is 4.78. The van der Waals surface area contributed by atoms with Crippen LogP contribution < -0.4 is 10.1 Å². The maximum atomic E-state index is 12.2. The first-order valence-electron chi connectivity index (χ1n) is 13.2. The van der Waals surface area contributed by atoms with Crippen molar-refractivity contribution in [3.05, 3.63) is 94.3 Å². The van der Waals surface area contributed by atoms with Crippen LogP contribution in [0.25, 0.3) is 11.0 Å². The molecule has 0 radical (unpaired) electrons. The number of nitrogens with one attached hydrogen (secondary N) is 1. The van der Waals surface area contributed by atoms with Crippen LogP contribution in [0, 0.1) is 13.8 Å². The molecular weight excluding hydrogens is 482 g/mol. The molecule has 1 aromatic heterocycles. The van der Waals surface area contributed by atoms with Crippen molar-refractivity contribution in [2.24, 2.45) is 0 Å². The van der Waals surface area contributed by atoms with Crippen LogP contribution in [0.1, 0.15) is 48.2 Å². The first-order chi connectivity index (χ1) is 18.0. The van der Waals surface area contributed by atoms with E-state index < -0.39 is 0 Å². The minimum Gasteiger partial charge on any atom is -0.493 e. The lowest BCUT2D eigenvalue weighted by molar-refractivity contribution is -0.120. The number of hydrogen-bond donors (Lipinski definition) is 1. The number of hydrogen-bond acceptors (Lipinski definition) is 3. The second-order valence-corrected chi connectivity index (χ2v) is 9.99. The van der Waals surface area contributed by atoms with E-state index in [1.165, 1.54) is 16.6 Å². The Kier molecular flexibility index (Phi) is 9.61. The van der Waals surface area contributed by atoms with Gasteiger partial charge in [-0.25, -0.2) is 4.98 Å². The predicted octanol–water partition coefficient (Wildman–Crippen LogP) is 6.85. The lowest BCUT2D eigenvalue weighted by Gasteiger charge is -2.13. The van der Waals surface area contributed by atoms with Gasteiger partial charge in [-0.15, -0.1) is 0 Å². The molecule has 0 spiro atoms. The predicted molar refractivity (Wildman–Crippen MR) is 151 cm³/mol. The summed E-state index contributed by atoms with van der Waals surface area (Å²) in [5.41, 5.74) is 5.55. The molecule has 6 heteroatoms. The Bertz CT molecular complexity index is 1290. The molecule has 1 amide bonds. The van der Waals surface area contributed by atoms with Gasteiger partial charge in [0, 0.05) is 24.5 Å². The number of unbranched alkanes of at least 4 members (excludes halogenated alkanes) is 2. The molecule has 4 rings (SSSR count). The average Bonchev–Trinajstić information content (AvgIpc) is 3.24. The van der Waals surface area contributed by atoms with Gasteiger partial charge in [0.05, 0.1) is 24.1 Å². The third-order valence-electron chi connectivity index (χ3n) is 6.59.